The number of rotatable bonds is 7. The Balaban J connectivity index is 1.58. The van der Waals surface area contributed by atoms with E-state index in [1.165, 1.54) is 0 Å². The summed E-state index contributed by atoms with van der Waals surface area (Å²) in [6.45, 7) is 0.909. The molecule has 1 heterocycles. The number of aliphatic carboxylic acids is 1. The largest absolute Gasteiger partial charge is 0.481 e. The zero-order valence-corrected chi connectivity index (χ0v) is 14.9. The lowest BCUT2D eigenvalue weighted by molar-refractivity contribution is -0.137. The number of carbonyl (C=O) groups is 3. The van der Waals surface area contributed by atoms with Crippen LogP contribution in [-0.4, -0.2) is 34.3 Å². The monoisotopic (exact) mass is 366 g/mol. The van der Waals surface area contributed by atoms with Gasteiger partial charge in [-0.05, 0) is 29.7 Å². The summed E-state index contributed by atoms with van der Waals surface area (Å²) < 4.78 is 0. The molecule has 3 rings (SSSR count). The van der Waals surface area contributed by atoms with Gasteiger partial charge in [0.2, 0.25) is 11.8 Å². The van der Waals surface area contributed by atoms with Gasteiger partial charge in [-0.25, -0.2) is 0 Å². The molecule has 0 aromatic heterocycles. The van der Waals surface area contributed by atoms with E-state index in [1.54, 1.807) is 23.1 Å². The van der Waals surface area contributed by atoms with Crippen LogP contribution in [0.4, 0.5) is 5.69 Å². The highest BCUT2D eigenvalue weighted by atomic mass is 16.4. The van der Waals surface area contributed by atoms with Crippen LogP contribution in [0.2, 0.25) is 0 Å². The van der Waals surface area contributed by atoms with Gasteiger partial charge < -0.3 is 15.3 Å². The molecule has 0 spiro atoms. The summed E-state index contributed by atoms with van der Waals surface area (Å²) in [7, 11) is 0. The second-order valence-corrected chi connectivity index (χ2v) is 6.74. The van der Waals surface area contributed by atoms with Gasteiger partial charge in [-0.15, -0.1) is 0 Å². The predicted octanol–water partition coefficient (Wildman–Crippen LogP) is 2.69. The Labute approximate surface area is 157 Å². The smallest absolute Gasteiger partial charge is 0.303 e. The molecule has 6 nitrogen and oxygen atoms in total. The summed E-state index contributed by atoms with van der Waals surface area (Å²) in [6, 6.07) is 16.9. The van der Waals surface area contributed by atoms with Gasteiger partial charge in [0.25, 0.3) is 0 Å². The molecule has 1 unspecified atom stereocenters. The first-order chi connectivity index (χ1) is 13.0. The number of carboxylic acid groups (broad SMARTS) is 1. The molecule has 2 amide bonds. The standard InChI is InChI=1S/C21H22N2O4/c24-19-12-17(14-23(19)13-16-5-2-1-3-6-16)21(27)22-18-8-4-7-15(11-18)9-10-20(25)26/h1-8,11,17H,9-10,12-14H2,(H,22,27)(H,25,26). The third-order valence-corrected chi connectivity index (χ3v) is 4.62. The molecule has 1 aliphatic heterocycles. The molecule has 0 radical (unpaired) electrons. The summed E-state index contributed by atoms with van der Waals surface area (Å²) in [5.41, 5.74) is 2.51. The van der Waals surface area contributed by atoms with Gasteiger partial charge in [-0.1, -0.05) is 42.5 Å². The number of carboxylic acids is 1. The van der Waals surface area contributed by atoms with Gasteiger partial charge >= 0.3 is 5.97 Å². The molecule has 0 aliphatic carbocycles. The summed E-state index contributed by atoms with van der Waals surface area (Å²) >= 11 is 0. The molecule has 27 heavy (non-hydrogen) atoms. The topological polar surface area (TPSA) is 86.7 Å². The van der Waals surface area contributed by atoms with E-state index >= 15 is 0 Å². The highest BCUT2D eigenvalue weighted by Crippen LogP contribution is 2.22. The van der Waals surface area contributed by atoms with Crippen molar-refractivity contribution in [3.63, 3.8) is 0 Å². The van der Waals surface area contributed by atoms with Gasteiger partial charge in [-0.2, -0.15) is 0 Å². The van der Waals surface area contributed by atoms with Gasteiger partial charge in [0.15, 0.2) is 0 Å². The highest BCUT2D eigenvalue weighted by Gasteiger charge is 2.34. The number of carbonyl (C=O) groups excluding carboxylic acids is 2. The lowest BCUT2D eigenvalue weighted by Gasteiger charge is -2.16. The zero-order valence-electron chi connectivity index (χ0n) is 14.9. The average Bonchev–Trinajstić information content (AvgIpc) is 3.02. The van der Waals surface area contributed by atoms with Crippen molar-refractivity contribution in [3.8, 4) is 0 Å². The number of hydrogen-bond acceptors (Lipinski definition) is 3. The zero-order chi connectivity index (χ0) is 19.2. The maximum atomic E-state index is 12.6. The summed E-state index contributed by atoms with van der Waals surface area (Å²) in [6.07, 6.45) is 0.659. The number of aryl methyl sites for hydroxylation is 1. The van der Waals surface area contributed by atoms with Crippen molar-refractivity contribution in [2.45, 2.75) is 25.8 Å². The first-order valence-electron chi connectivity index (χ1n) is 8.94. The fourth-order valence-corrected chi connectivity index (χ4v) is 3.20. The maximum Gasteiger partial charge on any atom is 0.303 e. The van der Waals surface area contributed by atoms with Crippen molar-refractivity contribution >= 4 is 23.5 Å². The van der Waals surface area contributed by atoms with Crippen LogP contribution in [0.1, 0.15) is 24.0 Å². The van der Waals surface area contributed by atoms with Crippen molar-refractivity contribution in [1.29, 1.82) is 0 Å². The summed E-state index contributed by atoms with van der Waals surface area (Å²) in [5, 5.41) is 11.6. The van der Waals surface area contributed by atoms with E-state index in [2.05, 4.69) is 5.32 Å². The fraction of sp³-hybridized carbons (Fsp3) is 0.286. The van der Waals surface area contributed by atoms with Crippen LogP contribution in [0.3, 0.4) is 0 Å². The highest BCUT2D eigenvalue weighted by molar-refractivity contribution is 5.97. The summed E-state index contributed by atoms with van der Waals surface area (Å²) in [5.74, 6) is -1.44. The number of nitrogens with one attached hydrogen (secondary N) is 1. The normalized spacial score (nSPS) is 16.4. The molecule has 1 atom stereocenters. The molecular formula is C21H22N2O4. The van der Waals surface area contributed by atoms with Crippen molar-refractivity contribution in [1.82, 2.24) is 4.90 Å². The molecule has 1 aliphatic rings. The molecular weight excluding hydrogens is 344 g/mol. The van der Waals surface area contributed by atoms with Gasteiger partial charge in [0.05, 0.1) is 5.92 Å². The number of benzene rings is 2. The minimum absolute atomic E-state index is 0.0192. The minimum atomic E-state index is -0.854. The van der Waals surface area contributed by atoms with Crippen LogP contribution in [0.25, 0.3) is 0 Å². The van der Waals surface area contributed by atoms with Crippen LogP contribution < -0.4 is 5.32 Å². The predicted molar refractivity (Wildman–Crippen MR) is 101 cm³/mol. The second-order valence-electron chi connectivity index (χ2n) is 6.74. The number of likely N-dealkylation sites (tertiary alicyclic amines) is 1. The number of amides is 2. The maximum absolute atomic E-state index is 12.6. The van der Waals surface area contributed by atoms with E-state index in [-0.39, 0.29) is 30.6 Å². The third-order valence-electron chi connectivity index (χ3n) is 4.62. The first kappa shape index (κ1) is 18.6. The van der Waals surface area contributed by atoms with Crippen LogP contribution >= 0.6 is 0 Å². The number of anilines is 1. The molecule has 0 saturated carbocycles. The van der Waals surface area contributed by atoms with Crippen LogP contribution in [0.15, 0.2) is 54.6 Å². The van der Waals surface area contributed by atoms with E-state index in [4.69, 9.17) is 5.11 Å². The van der Waals surface area contributed by atoms with Crippen LogP contribution in [-0.2, 0) is 27.3 Å². The summed E-state index contributed by atoms with van der Waals surface area (Å²) in [4.78, 5) is 37.2. The lowest BCUT2D eigenvalue weighted by Crippen LogP contribution is -2.28. The van der Waals surface area contributed by atoms with Crippen molar-refractivity contribution in [2.75, 3.05) is 11.9 Å². The van der Waals surface area contributed by atoms with E-state index in [9.17, 15) is 14.4 Å². The molecule has 1 fully saturated rings. The molecule has 2 aromatic rings. The van der Waals surface area contributed by atoms with E-state index in [1.807, 2.05) is 36.4 Å². The van der Waals surface area contributed by atoms with Gasteiger partial charge in [0, 0.05) is 31.6 Å². The van der Waals surface area contributed by atoms with Crippen LogP contribution in [0, 0.1) is 5.92 Å². The Bertz CT molecular complexity index is 835. The Morgan fingerprint density at radius 3 is 2.56 bits per heavy atom. The van der Waals surface area contributed by atoms with E-state index in [0.29, 0.717) is 25.2 Å². The minimum Gasteiger partial charge on any atom is -0.481 e. The van der Waals surface area contributed by atoms with E-state index < -0.39 is 5.97 Å². The second kappa shape index (κ2) is 8.49. The lowest BCUT2D eigenvalue weighted by atomic mass is 10.1. The quantitative estimate of drug-likeness (QED) is 0.789. The molecule has 2 N–H and O–H groups in total. The van der Waals surface area contributed by atoms with Crippen LogP contribution in [0.5, 0.6) is 0 Å². The molecule has 1 saturated heterocycles. The van der Waals surface area contributed by atoms with Crippen molar-refractivity contribution < 1.29 is 19.5 Å². The Morgan fingerprint density at radius 2 is 1.81 bits per heavy atom. The third kappa shape index (κ3) is 5.17. The number of nitrogens with zero attached hydrogens (tertiary/aromatic N) is 1. The van der Waals surface area contributed by atoms with Crippen molar-refractivity contribution in [2.24, 2.45) is 5.92 Å². The van der Waals surface area contributed by atoms with Gasteiger partial charge in [-0.3, -0.25) is 14.4 Å². The Hall–Kier alpha value is -3.15. The molecule has 0 bridgehead atoms. The Kier molecular flexibility index (Phi) is 5.86. The first-order valence-corrected chi connectivity index (χ1v) is 8.94. The van der Waals surface area contributed by atoms with Gasteiger partial charge in [0.1, 0.15) is 0 Å². The SMILES string of the molecule is O=C(O)CCc1cccc(NC(=O)C2CC(=O)N(Cc3ccccc3)C2)c1. The molecule has 6 heteroatoms. The molecule has 140 valence electrons. The molecule has 2 aromatic carbocycles. The fourth-order valence-electron chi connectivity index (χ4n) is 3.20. The van der Waals surface area contributed by atoms with E-state index in [0.717, 1.165) is 11.1 Å². The van der Waals surface area contributed by atoms with Crippen molar-refractivity contribution in [3.05, 3.63) is 65.7 Å². The average molecular weight is 366 g/mol. The Morgan fingerprint density at radius 1 is 1.07 bits per heavy atom. The number of hydrogen-bond donors (Lipinski definition) is 2.